The molecule has 0 radical (unpaired) electrons. The summed E-state index contributed by atoms with van der Waals surface area (Å²) in [5.74, 6) is -0.105. The standard InChI is InChI=1S/C10H20O3.C8H10/c1-2-3-9-13-10(12)7-5-4-6-8-11;1-7-3-5-8(2)6-4-7/h11H,2-9H2,1H3;3-6H,1-2H3. The number of hydrogen-bond acceptors (Lipinski definition) is 3. The van der Waals surface area contributed by atoms with Crippen molar-refractivity contribution in [1.82, 2.24) is 0 Å². The van der Waals surface area contributed by atoms with Gasteiger partial charge in [-0.2, -0.15) is 0 Å². The third-order valence-electron chi connectivity index (χ3n) is 3.02. The van der Waals surface area contributed by atoms with Gasteiger partial charge in [0.1, 0.15) is 0 Å². The van der Waals surface area contributed by atoms with E-state index in [1.54, 1.807) is 0 Å². The second-order valence-electron chi connectivity index (χ2n) is 5.26. The van der Waals surface area contributed by atoms with Gasteiger partial charge in [0.2, 0.25) is 0 Å². The Hall–Kier alpha value is -1.35. The minimum atomic E-state index is -0.105. The van der Waals surface area contributed by atoms with Gasteiger partial charge < -0.3 is 9.84 Å². The topological polar surface area (TPSA) is 46.5 Å². The molecule has 0 saturated carbocycles. The van der Waals surface area contributed by atoms with Gasteiger partial charge in [-0.1, -0.05) is 55.2 Å². The molecular weight excluding hydrogens is 264 g/mol. The van der Waals surface area contributed by atoms with Crippen molar-refractivity contribution in [3.8, 4) is 0 Å². The smallest absolute Gasteiger partial charge is 0.305 e. The van der Waals surface area contributed by atoms with Gasteiger partial charge in [-0.05, 0) is 33.1 Å². The molecule has 0 unspecified atom stereocenters. The highest BCUT2D eigenvalue weighted by molar-refractivity contribution is 5.69. The summed E-state index contributed by atoms with van der Waals surface area (Å²) in [4.78, 5) is 11.0. The van der Waals surface area contributed by atoms with E-state index in [2.05, 4.69) is 45.0 Å². The minimum Gasteiger partial charge on any atom is -0.466 e. The first kappa shape index (κ1) is 19.7. The number of ether oxygens (including phenoxy) is 1. The maximum atomic E-state index is 11.0. The fourth-order valence-electron chi connectivity index (χ4n) is 1.60. The van der Waals surface area contributed by atoms with E-state index in [-0.39, 0.29) is 12.6 Å². The van der Waals surface area contributed by atoms with Crippen LogP contribution in [0.15, 0.2) is 24.3 Å². The molecule has 1 rings (SSSR count). The van der Waals surface area contributed by atoms with E-state index in [0.29, 0.717) is 13.0 Å². The highest BCUT2D eigenvalue weighted by Crippen LogP contribution is 2.01. The van der Waals surface area contributed by atoms with Crippen LogP contribution in [0.5, 0.6) is 0 Å². The molecule has 3 nitrogen and oxygen atoms in total. The number of aliphatic hydroxyl groups is 1. The van der Waals surface area contributed by atoms with Crippen LogP contribution in [0.2, 0.25) is 0 Å². The molecule has 1 aromatic carbocycles. The van der Waals surface area contributed by atoms with Crippen molar-refractivity contribution in [2.45, 2.75) is 59.3 Å². The zero-order valence-corrected chi connectivity index (χ0v) is 13.7. The van der Waals surface area contributed by atoms with E-state index in [1.165, 1.54) is 11.1 Å². The Kier molecular flexibility index (Phi) is 12.7. The van der Waals surface area contributed by atoms with Gasteiger partial charge in [0.05, 0.1) is 6.61 Å². The number of carbonyl (C=O) groups excluding carboxylic acids is 1. The Bertz CT molecular complexity index is 336. The number of benzene rings is 1. The largest absolute Gasteiger partial charge is 0.466 e. The number of esters is 1. The predicted molar refractivity (Wildman–Crippen MR) is 87.3 cm³/mol. The van der Waals surface area contributed by atoms with Crippen LogP contribution in [0, 0.1) is 13.8 Å². The zero-order valence-electron chi connectivity index (χ0n) is 13.7. The van der Waals surface area contributed by atoms with Gasteiger partial charge in [0, 0.05) is 13.0 Å². The van der Waals surface area contributed by atoms with E-state index in [4.69, 9.17) is 9.84 Å². The van der Waals surface area contributed by atoms with Gasteiger partial charge >= 0.3 is 5.97 Å². The summed E-state index contributed by atoms with van der Waals surface area (Å²) in [5.41, 5.74) is 2.66. The fraction of sp³-hybridized carbons (Fsp3) is 0.611. The monoisotopic (exact) mass is 294 g/mol. The van der Waals surface area contributed by atoms with Crippen LogP contribution < -0.4 is 0 Å². The van der Waals surface area contributed by atoms with Crippen molar-refractivity contribution in [2.75, 3.05) is 13.2 Å². The first-order valence-electron chi connectivity index (χ1n) is 7.90. The molecule has 120 valence electrons. The van der Waals surface area contributed by atoms with Crippen LogP contribution in [0.3, 0.4) is 0 Å². The molecule has 3 heteroatoms. The quantitative estimate of drug-likeness (QED) is 0.578. The third kappa shape index (κ3) is 13.4. The summed E-state index contributed by atoms with van der Waals surface area (Å²) < 4.78 is 4.96. The van der Waals surface area contributed by atoms with Crippen molar-refractivity contribution in [2.24, 2.45) is 0 Å². The number of rotatable bonds is 8. The molecule has 0 bridgehead atoms. The van der Waals surface area contributed by atoms with Crippen LogP contribution in [0.4, 0.5) is 0 Å². The van der Waals surface area contributed by atoms with Gasteiger partial charge in [-0.3, -0.25) is 4.79 Å². The Morgan fingerprint density at radius 3 is 2.05 bits per heavy atom. The number of hydrogen-bond donors (Lipinski definition) is 1. The third-order valence-corrected chi connectivity index (χ3v) is 3.02. The first-order chi connectivity index (χ1) is 10.1. The van der Waals surface area contributed by atoms with E-state index in [1.807, 2.05) is 0 Å². The number of unbranched alkanes of at least 4 members (excludes halogenated alkanes) is 3. The predicted octanol–water partition coefficient (Wildman–Crippen LogP) is 4.19. The molecule has 0 saturated heterocycles. The van der Waals surface area contributed by atoms with Gasteiger partial charge in [0.15, 0.2) is 0 Å². The summed E-state index contributed by atoms with van der Waals surface area (Å²) >= 11 is 0. The van der Waals surface area contributed by atoms with E-state index < -0.39 is 0 Å². The SMILES string of the molecule is CCCCOC(=O)CCCCCO.Cc1ccc(C)cc1. The van der Waals surface area contributed by atoms with Crippen LogP contribution in [0.25, 0.3) is 0 Å². The Labute approximate surface area is 129 Å². The van der Waals surface area contributed by atoms with E-state index >= 15 is 0 Å². The highest BCUT2D eigenvalue weighted by atomic mass is 16.5. The number of aryl methyl sites for hydroxylation is 2. The average molecular weight is 294 g/mol. The molecule has 0 aromatic heterocycles. The second-order valence-corrected chi connectivity index (χ2v) is 5.26. The van der Waals surface area contributed by atoms with Gasteiger partial charge in [-0.25, -0.2) is 0 Å². The normalized spacial score (nSPS) is 9.71. The van der Waals surface area contributed by atoms with Crippen LogP contribution >= 0.6 is 0 Å². The van der Waals surface area contributed by atoms with Crippen molar-refractivity contribution in [3.63, 3.8) is 0 Å². The molecular formula is C18H30O3. The lowest BCUT2D eigenvalue weighted by molar-refractivity contribution is -0.143. The van der Waals surface area contributed by atoms with Gasteiger partial charge in [-0.15, -0.1) is 0 Å². The fourth-order valence-corrected chi connectivity index (χ4v) is 1.60. The molecule has 0 atom stereocenters. The maximum absolute atomic E-state index is 11.0. The van der Waals surface area contributed by atoms with Gasteiger partial charge in [0.25, 0.3) is 0 Å². The summed E-state index contributed by atoms with van der Waals surface area (Å²) in [6.07, 6.45) is 5.00. The Morgan fingerprint density at radius 1 is 1.00 bits per heavy atom. The molecule has 0 fully saturated rings. The summed E-state index contributed by atoms with van der Waals surface area (Å²) in [6, 6.07) is 8.48. The lowest BCUT2D eigenvalue weighted by atomic mass is 10.2. The lowest BCUT2D eigenvalue weighted by Gasteiger charge is -2.02. The molecule has 0 aliphatic rings. The summed E-state index contributed by atoms with van der Waals surface area (Å²) in [7, 11) is 0. The van der Waals surface area contributed by atoms with Crippen molar-refractivity contribution in [3.05, 3.63) is 35.4 Å². The molecule has 21 heavy (non-hydrogen) atoms. The second kappa shape index (κ2) is 13.6. The van der Waals surface area contributed by atoms with Crippen molar-refractivity contribution in [1.29, 1.82) is 0 Å². The molecule has 0 spiro atoms. The Morgan fingerprint density at radius 2 is 1.57 bits per heavy atom. The lowest BCUT2D eigenvalue weighted by Crippen LogP contribution is -2.05. The number of carbonyl (C=O) groups is 1. The summed E-state index contributed by atoms with van der Waals surface area (Å²) in [6.45, 7) is 7.02. The van der Waals surface area contributed by atoms with E-state index in [9.17, 15) is 4.79 Å². The van der Waals surface area contributed by atoms with Crippen LogP contribution in [-0.4, -0.2) is 24.3 Å². The first-order valence-corrected chi connectivity index (χ1v) is 7.90. The number of aliphatic hydroxyl groups excluding tert-OH is 1. The van der Waals surface area contributed by atoms with Crippen LogP contribution in [-0.2, 0) is 9.53 Å². The summed E-state index contributed by atoms with van der Waals surface area (Å²) in [5, 5.41) is 8.49. The molecule has 0 amide bonds. The molecule has 0 aliphatic heterocycles. The average Bonchev–Trinajstić information content (AvgIpc) is 2.48. The molecule has 1 N–H and O–H groups in total. The molecule has 0 heterocycles. The maximum Gasteiger partial charge on any atom is 0.305 e. The van der Waals surface area contributed by atoms with Crippen LogP contribution in [0.1, 0.15) is 56.6 Å². The molecule has 0 aliphatic carbocycles. The zero-order chi connectivity index (χ0) is 15.9. The van der Waals surface area contributed by atoms with Crippen molar-refractivity contribution < 1.29 is 14.6 Å². The van der Waals surface area contributed by atoms with Crippen molar-refractivity contribution >= 4 is 5.97 Å². The molecule has 1 aromatic rings. The Balaban J connectivity index is 0.000000423. The highest BCUT2D eigenvalue weighted by Gasteiger charge is 2.01. The van der Waals surface area contributed by atoms with E-state index in [0.717, 1.165) is 32.1 Å². The minimum absolute atomic E-state index is 0.105.